The first-order valence-corrected chi connectivity index (χ1v) is 13.1. The van der Waals surface area contributed by atoms with E-state index in [1.165, 1.54) is 0 Å². The van der Waals surface area contributed by atoms with Gasteiger partial charge in [0.25, 0.3) is 0 Å². The van der Waals surface area contributed by atoms with Crippen molar-refractivity contribution in [3.8, 4) is 0 Å². The second kappa shape index (κ2) is 15.0. The van der Waals surface area contributed by atoms with Crippen LogP contribution in [0.5, 0.6) is 0 Å². The van der Waals surface area contributed by atoms with Crippen molar-refractivity contribution < 1.29 is 24.3 Å². The first kappa shape index (κ1) is 30.6. The summed E-state index contributed by atoms with van der Waals surface area (Å²) in [6, 6.07) is 13.2. The van der Waals surface area contributed by atoms with Crippen molar-refractivity contribution in [3.05, 3.63) is 71.9 Å². The van der Waals surface area contributed by atoms with Crippen molar-refractivity contribution in [1.29, 1.82) is 0 Å². The molecule has 218 valence electrons. The summed E-state index contributed by atoms with van der Waals surface area (Å²) in [7, 11) is 0. The second-order valence-corrected chi connectivity index (χ2v) is 9.55. The number of fused-ring (bicyclic) bond motifs is 1. The number of rotatable bonds is 15. The second-order valence-electron chi connectivity index (χ2n) is 9.55. The van der Waals surface area contributed by atoms with E-state index >= 15 is 0 Å². The summed E-state index contributed by atoms with van der Waals surface area (Å²) in [6.45, 7) is -0.224. The van der Waals surface area contributed by atoms with Gasteiger partial charge in [-0.05, 0) is 36.5 Å². The average Bonchev–Trinajstić information content (AvgIpc) is 3.35. The summed E-state index contributed by atoms with van der Waals surface area (Å²) < 4.78 is 0. The van der Waals surface area contributed by atoms with Gasteiger partial charge in [0.05, 0.1) is 12.6 Å². The Morgan fingerprint density at radius 2 is 1.61 bits per heavy atom. The Balaban J connectivity index is 1.58. The Labute approximate surface area is 236 Å². The van der Waals surface area contributed by atoms with Gasteiger partial charge in [0, 0.05) is 30.1 Å². The number of nitrogens with two attached hydrogens (primary N) is 3. The minimum absolute atomic E-state index is 0.0565. The molecule has 0 fully saturated rings. The number of carboxylic acids is 1. The third-order valence-corrected chi connectivity index (χ3v) is 6.37. The maximum Gasteiger partial charge on any atom is 0.326 e. The Hall–Kier alpha value is -4.91. The molecule has 3 rings (SSSR count). The van der Waals surface area contributed by atoms with Crippen LogP contribution in [0.3, 0.4) is 0 Å². The maximum atomic E-state index is 13.1. The highest BCUT2D eigenvalue weighted by Crippen LogP contribution is 2.18. The van der Waals surface area contributed by atoms with Gasteiger partial charge >= 0.3 is 5.97 Å². The number of benzene rings is 2. The van der Waals surface area contributed by atoms with Crippen LogP contribution < -0.4 is 33.2 Å². The fraction of sp³-hybridized carbons (Fsp3) is 0.321. The standard InChI is InChI=1S/C28H36N8O5/c29-20(14-18-15-33-21-10-5-4-9-19(18)21)25(38)34-16-24(37)35-22(11-6-12-32-28(30)31)26(39)36-23(27(40)41)13-17-7-2-1-3-8-17/h1-5,7-10,15,20,22-23,33H,6,11-14,16,29H2,(H,34,38)(H,35,37)(H,36,39)(H,40,41)(H4,30,31,32). The lowest BCUT2D eigenvalue weighted by Gasteiger charge is -2.22. The number of carbonyl (C=O) groups is 4. The molecule has 0 spiro atoms. The zero-order valence-electron chi connectivity index (χ0n) is 22.5. The summed E-state index contributed by atoms with van der Waals surface area (Å²) in [5, 5.41) is 18.2. The summed E-state index contributed by atoms with van der Waals surface area (Å²) in [5.41, 5.74) is 19.3. The number of aromatic nitrogens is 1. The molecule has 0 aliphatic carbocycles. The molecule has 3 unspecified atom stereocenters. The number of aliphatic carboxylic acids is 1. The number of hydrogen-bond acceptors (Lipinski definition) is 6. The molecule has 1 aromatic heterocycles. The molecule has 0 aliphatic heterocycles. The predicted molar refractivity (Wildman–Crippen MR) is 155 cm³/mol. The highest BCUT2D eigenvalue weighted by atomic mass is 16.4. The lowest BCUT2D eigenvalue weighted by molar-refractivity contribution is -0.142. The maximum absolute atomic E-state index is 13.1. The van der Waals surface area contributed by atoms with Crippen LogP contribution >= 0.6 is 0 Å². The molecular formula is C28H36N8O5. The molecule has 11 N–H and O–H groups in total. The van der Waals surface area contributed by atoms with E-state index in [1.54, 1.807) is 36.5 Å². The molecule has 0 radical (unpaired) electrons. The third kappa shape index (κ3) is 9.65. The minimum atomic E-state index is -1.22. The van der Waals surface area contributed by atoms with Crippen molar-refractivity contribution in [1.82, 2.24) is 20.9 Å². The van der Waals surface area contributed by atoms with Crippen LogP contribution in [0.4, 0.5) is 0 Å². The fourth-order valence-electron chi connectivity index (χ4n) is 4.27. The van der Waals surface area contributed by atoms with Crippen LogP contribution in [-0.4, -0.2) is 71.0 Å². The SMILES string of the molecule is NC(N)=NCCCC(NC(=O)CNC(=O)C(N)Cc1c[nH]c2ccccc12)C(=O)NC(Cc1ccccc1)C(=O)O. The lowest BCUT2D eigenvalue weighted by Crippen LogP contribution is -2.54. The zero-order valence-corrected chi connectivity index (χ0v) is 22.5. The zero-order chi connectivity index (χ0) is 29.8. The number of hydrogen-bond donors (Lipinski definition) is 8. The molecule has 3 aromatic rings. The number of H-pyrrole nitrogens is 1. The Morgan fingerprint density at radius 3 is 2.32 bits per heavy atom. The Bertz CT molecular complexity index is 1370. The van der Waals surface area contributed by atoms with E-state index in [4.69, 9.17) is 17.2 Å². The van der Waals surface area contributed by atoms with E-state index in [2.05, 4.69) is 25.9 Å². The van der Waals surface area contributed by atoms with Gasteiger partial charge in [-0.25, -0.2) is 4.79 Å². The Morgan fingerprint density at radius 1 is 0.902 bits per heavy atom. The van der Waals surface area contributed by atoms with Crippen molar-refractivity contribution >= 4 is 40.6 Å². The largest absolute Gasteiger partial charge is 0.480 e. The molecule has 3 atom stereocenters. The number of carbonyl (C=O) groups excluding carboxylic acids is 3. The van der Waals surface area contributed by atoms with Gasteiger partial charge in [-0.2, -0.15) is 0 Å². The first-order chi connectivity index (χ1) is 19.6. The molecule has 0 aliphatic rings. The quantitative estimate of drug-likeness (QED) is 0.0680. The minimum Gasteiger partial charge on any atom is -0.480 e. The molecule has 0 saturated heterocycles. The van der Waals surface area contributed by atoms with Gasteiger partial charge in [0.2, 0.25) is 17.7 Å². The van der Waals surface area contributed by atoms with Crippen molar-refractivity contribution in [2.24, 2.45) is 22.2 Å². The van der Waals surface area contributed by atoms with Crippen LogP contribution in [0.1, 0.15) is 24.0 Å². The number of aliphatic imine (C=N–C) groups is 1. The predicted octanol–water partition coefficient (Wildman–Crippen LogP) is -0.496. The van der Waals surface area contributed by atoms with Gasteiger partial charge in [0.1, 0.15) is 12.1 Å². The Kier molecular flexibility index (Phi) is 11.2. The van der Waals surface area contributed by atoms with Crippen molar-refractivity contribution in [2.75, 3.05) is 13.1 Å². The number of guanidine groups is 1. The highest BCUT2D eigenvalue weighted by Gasteiger charge is 2.27. The van der Waals surface area contributed by atoms with Gasteiger partial charge in [-0.1, -0.05) is 48.5 Å². The molecule has 1 heterocycles. The van der Waals surface area contributed by atoms with Crippen LogP contribution in [-0.2, 0) is 32.0 Å². The first-order valence-electron chi connectivity index (χ1n) is 13.1. The van der Waals surface area contributed by atoms with Gasteiger partial charge in [-0.3, -0.25) is 19.4 Å². The van der Waals surface area contributed by atoms with Gasteiger partial charge in [0.15, 0.2) is 5.96 Å². The molecule has 3 amide bonds. The third-order valence-electron chi connectivity index (χ3n) is 6.37. The lowest BCUT2D eigenvalue weighted by atomic mass is 10.0. The summed E-state index contributed by atoms with van der Waals surface area (Å²) in [6.07, 6.45) is 2.55. The topological polar surface area (TPSA) is 231 Å². The molecule has 0 bridgehead atoms. The molecule has 41 heavy (non-hydrogen) atoms. The summed E-state index contributed by atoms with van der Waals surface area (Å²) in [4.78, 5) is 57.2. The highest BCUT2D eigenvalue weighted by molar-refractivity contribution is 5.93. The summed E-state index contributed by atoms with van der Waals surface area (Å²) >= 11 is 0. The molecule has 13 nitrogen and oxygen atoms in total. The van der Waals surface area contributed by atoms with E-state index in [0.717, 1.165) is 22.0 Å². The summed E-state index contributed by atoms with van der Waals surface area (Å²) in [5.74, 6) is -3.20. The monoisotopic (exact) mass is 564 g/mol. The molecular weight excluding hydrogens is 528 g/mol. The molecule has 0 saturated carbocycles. The van der Waals surface area contributed by atoms with Crippen LogP contribution in [0.2, 0.25) is 0 Å². The van der Waals surface area contributed by atoms with Gasteiger partial charge < -0.3 is 43.2 Å². The number of nitrogens with one attached hydrogen (secondary N) is 4. The molecule has 2 aromatic carbocycles. The van der Waals surface area contributed by atoms with E-state index < -0.39 is 48.4 Å². The number of aromatic amines is 1. The van der Waals surface area contributed by atoms with Crippen LogP contribution in [0, 0.1) is 0 Å². The van der Waals surface area contributed by atoms with Crippen molar-refractivity contribution in [2.45, 2.75) is 43.8 Å². The van der Waals surface area contributed by atoms with Crippen LogP contribution in [0.25, 0.3) is 10.9 Å². The van der Waals surface area contributed by atoms with E-state index in [1.807, 2.05) is 24.3 Å². The molecule has 13 heteroatoms. The normalized spacial score (nSPS) is 13.0. The number of carboxylic acid groups (broad SMARTS) is 1. The average molecular weight is 565 g/mol. The van der Waals surface area contributed by atoms with Crippen LogP contribution in [0.15, 0.2) is 65.8 Å². The van der Waals surface area contributed by atoms with E-state index in [-0.39, 0.29) is 31.8 Å². The number of amides is 3. The number of para-hydroxylation sites is 1. The van der Waals surface area contributed by atoms with E-state index in [9.17, 15) is 24.3 Å². The number of nitrogens with zero attached hydrogens (tertiary/aromatic N) is 1. The van der Waals surface area contributed by atoms with Crippen molar-refractivity contribution in [3.63, 3.8) is 0 Å². The smallest absolute Gasteiger partial charge is 0.326 e. The fourth-order valence-corrected chi connectivity index (χ4v) is 4.27. The van der Waals surface area contributed by atoms with E-state index in [0.29, 0.717) is 6.42 Å². The van der Waals surface area contributed by atoms with Gasteiger partial charge in [-0.15, -0.1) is 0 Å².